The summed E-state index contributed by atoms with van der Waals surface area (Å²) in [5.74, 6) is -1.76. The van der Waals surface area contributed by atoms with E-state index in [0.717, 1.165) is 0 Å². The van der Waals surface area contributed by atoms with Crippen molar-refractivity contribution in [2.75, 3.05) is 7.11 Å². The summed E-state index contributed by atoms with van der Waals surface area (Å²) in [5.41, 5.74) is -0.366. The van der Waals surface area contributed by atoms with Gasteiger partial charge >= 0.3 is 5.69 Å². The van der Waals surface area contributed by atoms with Gasteiger partial charge in [-0.1, -0.05) is 13.0 Å². The molecular formula is C16H21NO6. The van der Waals surface area contributed by atoms with Gasteiger partial charge in [-0.3, -0.25) is 19.7 Å². The summed E-state index contributed by atoms with van der Waals surface area (Å²) in [7, 11) is 1.29. The summed E-state index contributed by atoms with van der Waals surface area (Å²) >= 11 is 0. The van der Waals surface area contributed by atoms with E-state index < -0.39 is 22.9 Å². The fourth-order valence-electron chi connectivity index (χ4n) is 2.42. The summed E-state index contributed by atoms with van der Waals surface area (Å²) in [6.45, 7) is 4.36. The van der Waals surface area contributed by atoms with Gasteiger partial charge in [-0.2, -0.15) is 0 Å². The number of carbonyl (C=O) groups is 2. The van der Waals surface area contributed by atoms with E-state index in [1.54, 1.807) is 6.92 Å². The highest BCUT2D eigenvalue weighted by atomic mass is 16.6. The van der Waals surface area contributed by atoms with Gasteiger partial charge in [-0.25, -0.2) is 0 Å². The Morgan fingerprint density at radius 1 is 1.30 bits per heavy atom. The van der Waals surface area contributed by atoms with Gasteiger partial charge in [0.15, 0.2) is 5.75 Å². The molecule has 3 unspecified atom stereocenters. The summed E-state index contributed by atoms with van der Waals surface area (Å²) in [5, 5.41) is 21.8. The van der Waals surface area contributed by atoms with E-state index in [-0.39, 0.29) is 35.0 Å². The molecule has 0 aliphatic heterocycles. The van der Waals surface area contributed by atoms with Gasteiger partial charge in [-0.05, 0) is 32.4 Å². The van der Waals surface area contributed by atoms with Crippen LogP contribution < -0.4 is 4.74 Å². The van der Waals surface area contributed by atoms with Crippen molar-refractivity contribution in [1.82, 2.24) is 0 Å². The Kier molecular flexibility index (Phi) is 6.38. The molecule has 3 atom stereocenters. The van der Waals surface area contributed by atoms with E-state index in [1.165, 1.54) is 39.2 Å². The van der Waals surface area contributed by atoms with Crippen molar-refractivity contribution in [3.8, 4) is 5.75 Å². The molecule has 126 valence electrons. The lowest BCUT2D eigenvalue weighted by atomic mass is 9.83. The maximum absolute atomic E-state index is 11.9. The Bertz CT molecular complexity index is 613. The lowest BCUT2D eigenvalue weighted by Gasteiger charge is -2.23. The zero-order valence-corrected chi connectivity index (χ0v) is 13.6. The van der Waals surface area contributed by atoms with Crippen molar-refractivity contribution in [2.24, 2.45) is 11.8 Å². The third-order valence-electron chi connectivity index (χ3n) is 3.96. The number of methoxy groups -OCH3 is 1. The van der Waals surface area contributed by atoms with E-state index in [2.05, 4.69) is 0 Å². The number of nitro benzene ring substituents is 1. The number of Topliss-reactive ketones (excluding diaryl/α,β-unsaturated/α-hetero) is 2. The molecular weight excluding hydrogens is 302 g/mol. The Labute approximate surface area is 134 Å². The van der Waals surface area contributed by atoms with Crippen LogP contribution in [-0.2, 0) is 9.59 Å². The predicted octanol–water partition coefficient (Wildman–Crippen LogP) is 2.46. The van der Waals surface area contributed by atoms with Gasteiger partial charge in [0, 0.05) is 11.8 Å². The summed E-state index contributed by atoms with van der Waals surface area (Å²) < 4.78 is 4.97. The SMILES string of the molecule is COc1cccc(C(O)C(CC(C)C(C)=O)C(C)=O)c1[N+](=O)[O-]. The van der Waals surface area contributed by atoms with E-state index in [9.17, 15) is 24.8 Å². The Hall–Kier alpha value is -2.28. The minimum Gasteiger partial charge on any atom is -0.490 e. The molecule has 7 nitrogen and oxygen atoms in total. The second kappa shape index (κ2) is 7.82. The molecule has 1 N–H and O–H groups in total. The van der Waals surface area contributed by atoms with Crippen LogP contribution >= 0.6 is 0 Å². The predicted molar refractivity (Wildman–Crippen MR) is 83.2 cm³/mol. The largest absolute Gasteiger partial charge is 0.490 e. The molecule has 7 heteroatoms. The molecule has 0 fully saturated rings. The molecule has 0 heterocycles. The van der Waals surface area contributed by atoms with Crippen LogP contribution in [0.2, 0.25) is 0 Å². The average Bonchev–Trinajstić information content (AvgIpc) is 2.50. The van der Waals surface area contributed by atoms with Crippen molar-refractivity contribution in [1.29, 1.82) is 0 Å². The van der Waals surface area contributed by atoms with Gasteiger partial charge in [0.1, 0.15) is 11.6 Å². The smallest absolute Gasteiger partial charge is 0.316 e. The molecule has 0 aromatic heterocycles. The van der Waals surface area contributed by atoms with E-state index in [4.69, 9.17) is 4.74 Å². The number of carbonyl (C=O) groups excluding carboxylic acids is 2. The number of hydrogen-bond acceptors (Lipinski definition) is 6. The minimum atomic E-state index is -1.38. The van der Waals surface area contributed by atoms with Gasteiger partial charge < -0.3 is 9.84 Å². The molecule has 1 aromatic carbocycles. The second-order valence-corrected chi connectivity index (χ2v) is 5.56. The van der Waals surface area contributed by atoms with Crippen molar-refractivity contribution < 1.29 is 24.4 Å². The molecule has 0 saturated heterocycles. The number of ketones is 2. The Balaban J connectivity index is 3.29. The molecule has 0 bridgehead atoms. The maximum Gasteiger partial charge on any atom is 0.316 e. The van der Waals surface area contributed by atoms with Crippen LogP contribution in [0.15, 0.2) is 18.2 Å². The standard InChI is InChI=1S/C16H21NO6/c1-9(10(2)18)8-13(11(3)19)16(20)12-6-5-7-14(23-4)15(12)17(21)22/h5-7,9,13,16,20H,8H2,1-4H3. The third-order valence-corrected chi connectivity index (χ3v) is 3.96. The van der Waals surface area contributed by atoms with Crippen LogP contribution in [-0.4, -0.2) is 28.7 Å². The third kappa shape index (κ3) is 4.35. The number of hydrogen-bond donors (Lipinski definition) is 1. The number of ether oxygens (including phenoxy) is 1. The molecule has 1 aromatic rings. The number of nitro groups is 1. The lowest BCUT2D eigenvalue weighted by Crippen LogP contribution is -2.25. The molecule has 0 radical (unpaired) electrons. The lowest BCUT2D eigenvalue weighted by molar-refractivity contribution is -0.387. The van der Waals surface area contributed by atoms with Crippen LogP contribution in [0.4, 0.5) is 5.69 Å². The van der Waals surface area contributed by atoms with Crippen LogP contribution in [0.5, 0.6) is 5.75 Å². The molecule has 0 aliphatic carbocycles. The summed E-state index contributed by atoms with van der Waals surface area (Å²) in [6, 6.07) is 4.31. The monoisotopic (exact) mass is 323 g/mol. The van der Waals surface area contributed by atoms with Gasteiger partial charge in [0.25, 0.3) is 0 Å². The van der Waals surface area contributed by atoms with Crippen LogP contribution in [0.3, 0.4) is 0 Å². The number of nitrogens with zero attached hydrogens (tertiary/aromatic N) is 1. The first-order valence-electron chi connectivity index (χ1n) is 7.20. The number of benzene rings is 1. The van der Waals surface area contributed by atoms with Crippen LogP contribution in [0.25, 0.3) is 0 Å². The Morgan fingerprint density at radius 3 is 2.35 bits per heavy atom. The van der Waals surface area contributed by atoms with Crippen LogP contribution in [0, 0.1) is 22.0 Å². The van der Waals surface area contributed by atoms with E-state index in [1.807, 2.05) is 0 Å². The van der Waals surface area contributed by atoms with Gasteiger partial charge in [0.05, 0.1) is 23.7 Å². The first-order chi connectivity index (χ1) is 10.7. The maximum atomic E-state index is 11.9. The number of rotatable bonds is 8. The Morgan fingerprint density at radius 2 is 1.91 bits per heavy atom. The van der Waals surface area contributed by atoms with E-state index in [0.29, 0.717) is 0 Å². The van der Waals surface area contributed by atoms with E-state index >= 15 is 0 Å². The zero-order valence-electron chi connectivity index (χ0n) is 13.6. The number of para-hydroxylation sites is 1. The van der Waals surface area contributed by atoms with Gasteiger partial charge in [0.2, 0.25) is 0 Å². The number of aliphatic hydroxyl groups excluding tert-OH is 1. The van der Waals surface area contributed by atoms with Crippen molar-refractivity contribution in [2.45, 2.75) is 33.3 Å². The normalized spacial score (nSPS) is 14.7. The highest BCUT2D eigenvalue weighted by Gasteiger charge is 2.34. The fraction of sp³-hybridized carbons (Fsp3) is 0.500. The molecule has 23 heavy (non-hydrogen) atoms. The molecule has 0 spiro atoms. The topological polar surface area (TPSA) is 107 Å². The van der Waals surface area contributed by atoms with Gasteiger partial charge in [-0.15, -0.1) is 0 Å². The van der Waals surface area contributed by atoms with Crippen molar-refractivity contribution in [3.63, 3.8) is 0 Å². The highest BCUT2D eigenvalue weighted by Crippen LogP contribution is 2.38. The summed E-state index contributed by atoms with van der Waals surface area (Å²) in [6.07, 6.45) is -1.26. The molecule has 0 amide bonds. The fourth-order valence-corrected chi connectivity index (χ4v) is 2.42. The summed E-state index contributed by atoms with van der Waals surface area (Å²) in [4.78, 5) is 33.9. The molecule has 0 saturated carbocycles. The molecule has 0 aliphatic rings. The van der Waals surface area contributed by atoms with Crippen molar-refractivity contribution in [3.05, 3.63) is 33.9 Å². The first-order valence-corrected chi connectivity index (χ1v) is 7.20. The highest BCUT2D eigenvalue weighted by molar-refractivity contribution is 5.82. The average molecular weight is 323 g/mol. The quantitative estimate of drug-likeness (QED) is 0.581. The molecule has 1 rings (SSSR count). The van der Waals surface area contributed by atoms with Crippen LogP contribution in [0.1, 0.15) is 38.9 Å². The first kappa shape index (κ1) is 18.8. The number of aliphatic hydroxyl groups is 1. The van der Waals surface area contributed by atoms with Crippen molar-refractivity contribution >= 4 is 17.3 Å². The minimum absolute atomic E-state index is 0.00491. The second-order valence-electron chi connectivity index (χ2n) is 5.56. The zero-order chi connectivity index (χ0) is 17.7.